The van der Waals surface area contributed by atoms with Gasteiger partial charge in [0.2, 0.25) is 0 Å². The van der Waals surface area contributed by atoms with E-state index in [1.807, 2.05) is 13.8 Å². The molecule has 4 rings (SSSR count). The predicted octanol–water partition coefficient (Wildman–Crippen LogP) is 4.11. The third kappa shape index (κ3) is 4.50. The number of carbonyl (C=O) groups is 2. The van der Waals surface area contributed by atoms with Crippen molar-refractivity contribution in [2.45, 2.75) is 58.5 Å². The lowest BCUT2D eigenvalue weighted by Gasteiger charge is -2.29. The van der Waals surface area contributed by atoms with Gasteiger partial charge < -0.3 is 19.8 Å². The Morgan fingerprint density at radius 1 is 1.10 bits per heavy atom. The number of benzene rings is 1. The van der Waals surface area contributed by atoms with Crippen LogP contribution in [0.3, 0.4) is 0 Å². The summed E-state index contributed by atoms with van der Waals surface area (Å²) in [6.07, 6.45) is 5.38. The second-order valence-electron chi connectivity index (χ2n) is 9.19. The number of fused-ring (bicyclic) bond motifs is 1. The molecule has 0 aliphatic heterocycles. The number of hydrogen-bond acceptors (Lipinski definition) is 5. The van der Waals surface area contributed by atoms with E-state index in [2.05, 4.69) is 10.3 Å². The molecule has 0 spiro atoms. The van der Waals surface area contributed by atoms with Crippen molar-refractivity contribution < 1.29 is 19.1 Å². The van der Waals surface area contributed by atoms with Crippen LogP contribution in [0.5, 0.6) is 11.5 Å². The average molecular weight is 424 g/mol. The molecule has 1 aromatic carbocycles. The number of rotatable bonds is 5. The molecule has 1 heterocycles. The molecule has 1 saturated carbocycles. The van der Waals surface area contributed by atoms with Gasteiger partial charge in [0.05, 0.1) is 13.2 Å². The maximum atomic E-state index is 12.9. The Morgan fingerprint density at radius 2 is 1.84 bits per heavy atom. The molecular weight excluding hydrogens is 396 g/mol. The number of aromatic amines is 1. The molecule has 0 atom stereocenters. The highest BCUT2D eigenvalue weighted by Crippen LogP contribution is 2.35. The monoisotopic (exact) mass is 424 g/mol. The maximum absolute atomic E-state index is 12.9. The standard InChI is InChI=1S/C24H28N2O5/c1-24(2)12-18-16(19(27)13-24)11-17(23(29)26-18)22(28)25-14-8-9-20(30-3)21(10-14)31-15-6-4-5-7-15/h8-11,15H,4-7,12-13H2,1-3H3,(H,25,28)(H,26,29). The minimum absolute atomic E-state index is 0.0618. The van der Waals surface area contributed by atoms with E-state index >= 15 is 0 Å². The van der Waals surface area contributed by atoms with Crippen LogP contribution in [-0.2, 0) is 6.42 Å². The predicted molar refractivity (Wildman–Crippen MR) is 117 cm³/mol. The van der Waals surface area contributed by atoms with Crippen molar-refractivity contribution in [2.24, 2.45) is 5.41 Å². The van der Waals surface area contributed by atoms with Gasteiger partial charge in [0, 0.05) is 29.4 Å². The van der Waals surface area contributed by atoms with Crippen LogP contribution >= 0.6 is 0 Å². The quantitative estimate of drug-likeness (QED) is 0.753. The topological polar surface area (TPSA) is 97.5 Å². The zero-order chi connectivity index (χ0) is 22.2. The highest BCUT2D eigenvalue weighted by molar-refractivity contribution is 6.06. The van der Waals surface area contributed by atoms with Crippen LogP contribution in [0.2, 0.25) is 0 Å². The first-order valence-corrected chi connectivity index (χ1v) is 10.7. The summed E-state index contributed by atoms with van der Waals surface area (Å²) >= 11 is 0. The third-order valence-corrected chi connectivity index (χ3v) is 5.98. The van der Waals surface area contributed by atoms with Crippen molar-refractivity contribution in [3.63, 3.8) is 0 Å². The second-order valence-corrected chi connectivity index (χ2v) is 9.19. The summed E-state index contributed by atoms with van der Waals surface area (Å²) < 4.78 is 11.4. The summed E-state index contributed by atoms with van der Waals surface area (Å²) in [6.45, 7) is 3.98. The Labute approximate surface area is 181 Å². The highest BCUT2D eigenvalue weighted by Gasteiger charge is 2.32. The fourth-order valence-corrected chi connectivity index (χ4v) is 4.43. The number of nitrogens with one attached hydrogen (secondary N) is 2. The highest BCUT2D eigenvalue weighted by atomic mass is 16.5. The van der Waals surface area contributed by atoms with Gasteiger partial charge in [-0.3, -0.25) is 14.4 Å². The number of pyridine rings is 1. The van der Waals surface area contributed by atoms with Gasteiger partial charge >= 0.3 is 0 Å². The number of ketones is 1. The van der Waals surface area contributed by atoms with Crippen molar-refractivity contribution in [1.29, 1.82) is 0 Å². The van der Waals surface area contributed by atoms with E-state index in [1.54, 1.807) is 25.3 Å². The fraction of sp³-hybridized carbons (Fsp3) is 0.458. The number of hydrogen-bond donors (Lipinski definition) is 2. The van der Waals surface area contributed by atoms with Gasteiger partial charge in [0.25, 0.3) is 11.5 Å². The molecule has 0 bridgehead atoms. The minimum Gasteiger partial charge on any atom is -0.493 e. The molecule has 7 heteroatoms. The molecule has 164 valence electrons. The van der Waals surface area contributed by atoms with E-state index in [4.69, 9.17) is 9.47 Å². The number of Topliss-reactive ketones (excluding diaryl/α,β-unsaturated/α-hetero) is 1. The third-order valence-electron chi connectivity index (χ3n) is 5.98. The lowest BCUT2D eigenvalue weighted by Crippen LogP contribution is -2.32. The smallest absolute Gasteiger partial charge is 0.261 e. The lowest BCUT2D eigenvalue weighted by molar-refractivity contribution is 0.0910. The zero-order valence-corrected chi connectivity index (χ0v) is 18.2. The Kier molecular flexibility index (Phi) is 5.60. The Hall–Kier alpha value is -3.09. The first-order valence-electron chi connectivity index (χ1n) is 10.7. The maximum Gasteiger partial charge on any atom is 0.261 e. The number of aromatic nitrogens is 1. The van der Waals surface area contributed by atoms with E-state index in [-0.39, 0.29) is 22.9 Å². The van der Waals surface area contributed by atoms with Crippen molar-refractivity contribution in [3.8, 4) is 11.5 Å². The van der Waals surface area contributed by atoms with Crippen LogP contribution in [0.15, 0.2) is 29.1 Å². The Morgan fingerprint density at radius 3 is 2.55 bits per heavy atom. The van der Waals surface area contributed by atoms with Crippen LogP contribution in [0.4, 0.5) is 5.69 Å². The number of H-pyrrole nitrogens is 1. The molecule has 7 nitrogen and oxygen atoms in total. The van der Waals surface area contributed by atoms with Gasteiger partial charge in [-0.25, -0.2) is 0 Å². The Balaban J connectivity index is 1.58. The summed E-state index contributed by atoms with van der Waals surface area (Å²) in [5.41, 5.74) is 0.709. The molecular formula is C24H28N2O5. The van der Waals surface area contributed by atoms with Crippen LogP contribution in [0.1, 0.15) is 72.4 Å². The van der Waals surface area contributed by atoms with Crippen LogP contribution in [-0.4, -0.2) is 29.9 Å². The zero-order valence-electron chi connectivity index (χ0n) is 18.2. The first kappa shape index (κ1) is 21.2. The molecule has 2 aliphatic carbocycles. The van der Waals surface area contributed by atoms with Crippen LogP contribution in [0, 0.1) is 5.41 Å². The molecule has 2 aromatic rings. The lowest BCUT2D eigenvalue weighted by atomic mass is 9.75. The second kappa shape index (κ2) is 8.21. The molecule has 0 unspecified atom stereocenters. The summed E-state index contributed by atoms with van der Waals surface area (Å²) in [6, 6.07) is 6.54. The summed E-state index contributed by atoms with van der Waals surface area (Å²) in [5, 5.41) is 2.75. The van der Waals surface area contributed by atoms with E-state index < -0.39 is 11.5 Å². The number of anilines is 1. The number of ether oxygens (including phenoxy) is 2. The van der Waals surface area contributed by atoms with Gasteiger partial charge in [-0.15, -0.1) is 0 Å². The first-order chi connectivity index (χ1) is 14.8. The molecule has 0 radical (unpaired) electrons. The van der Waals surface area contributed by atoms with Crippen molar-refractivity contribution in [2.75, 3.05) is 12.4 Å². The van der Waals surface area contributed by atoms with E-state index in [9.17, 15) is 14.4 Å². The van der Waals surface area contributed by atoms with E-state index in [0.29, 0.717) is 41.3 Å². The van der Waals surface area contributed by atoms with E-state index in [0.717, 1.165) is 25.7 Å². The molecule has 1 aromatic heterocycles. The van der Waals surface area contributed by atoms with Crippen molar-refractivity contribution in [1.82, 2.24) is 4.98 Å². The van der Waals surface area contributed by atoms with Gasteiger partial charge in [-0.05, 0) is 55.7 Å². The van der Waals surface area contributed by atoms with Gasteiger partial charge in [-0.2, -0.15) is 0 Å². The number of carbonyl (C=O) groups excluding carboxylic acids is 2. The number of methoxy groups -OCH3 is 1. The van der Waals surface area contributed by atoms with Crippen molar-refractivity contribution in [3.05, 3.63) is 51.4 Å². The molecule has 1 fully saturated rings. The normalized spacial score (nSPS) is 17.8. The molecule has 2 N–H and O–H groups in total. The molecule has 31 heavy (non-hydrogen) atoms. The van der Waals surface area contributed by atoms with Gasteiger partial charge in [0.15, 0.2) is 17.3 Å². The van der Waals surface area contributed by atoms with E-state index in [1.165, 1.54) is 6.07 Å². The summed E-state index contributed by atoms with van der Waals surface area (Å²) in [7, 11) is 1.57. The van der Waals surface area contributed by atoms with Crippen LogP contribution < -0.4 is 20.3 Å². The molecule has 0 saturated heterocycles. The van der Waals surface area contributed by atoms with Crippen LogP contribution in [0.25, 0.3) is 0 Å². The SMILES string of the molecule is COc1ccc(NC(=O)c2cc3c([nH]c2=O)CC(C)(C)CC3=O)cc1OC1CCCC1. The van der Waals surface area contributed by atoms with Gasteiger partial charge in [0.1, 0.15) is 5.56 Å². The largest absolute Gasteiger partial charge is 0.493 e. The summed E-state index contributed by atoms with van der Waals surface area (Å²) in [4.78, 5) is 40.7. The Bertz CT molecular complexity index is 1080. The molecule has 1 amide bonds. The number of amides is 1. The summed E-state index contributed by atoms with van der Waals surface area (Å²) in [5.74, 6) is 0.514. The fourth-order valence-electron chi connectivity index (χ4n) is 4.43. The van der Waals surface area contributed by atoms with Gasteiger partial charge in [-0.1, -0.05) is 13.8 Å². The van der Waals surface area contributed by atoms with Crippen molar-refractivity contribution >= 4 is 17.4 Å². The average Bonchev–Trinajstić information content (AvgIpc) is 3.20. The minimum atomic E-state index is -0.571. The molecule has 2 aliphatic rings.